The van der Waals surface area contributed by atoms with E-state index in [0.717, 1.165) is 30.7 Å². The van der Waals surface area contributed by atoms with Gasteiger partial charge >= 0.3 is 0 Å². The van der Waals surface area contributed by atoms with Crippen molar-refractivity contribution in [2.45, 2.75) is 56.7 Å². The minimum Gasteiger partial charge on any atom is -0.377 e. The first kappa shape index (κ1) is 16.9. The topological polar surface area (TPSA) is 67.4 Å². The van der Waals surface area contributed by atoms with E-state index in [1.807, 2.05) is 19.2 Å². The molecule has 0 bridgehead atoms. The lowest BCUT2D eigenvalue weighted by Crippen LogP contribution is -2.35. The molecule has 0 aromatic carbocycles. The van der Waals surface area contributed by atoms with E-state index in [2.05, 4.69) is 10.0 Å². The summed E-state index contributed by atoms with van der Waals surface area (Å²) >= 11 is 1.47. The summed E-state index contributed by atoms with van der Waals surface area (Å²) in [6, 6.07) is 2.00. The molecule has 1 aromatic rings. The molecule has 2 heterocycles. The number of hydrogen-bond acceptors (Lipinski definition) is 5. The molecule has 21 heavy (non-hydrogen) atoms. The molecule has 0 radical (unpaired) electrons. The number of ether oxygens (including phenoxy) is 1. The molecule has 1 aliphatic heterocycles. The van der Waals surface area contributed by atoms with Crippen molar-refractivity contribution in [2.24, 2.45) is 0 Å². The molecule has 0 spiro atoms. The van der Waals surface area contributed by atoms with Gasteiger partial charge in [0.2, 0.25) is 10.0 Å². The van der Waals surface area contributed by atoms with Crippen molar-refractivity contribution in [3.8, 4) is 0 Å². The van der Waals surface area contributed by atoms with E-state index < -0.39 is 10.0 Å². The summed E-state index contributed by atoms with van der Waals surface area (Å²) in [5, 5.41) is 5.08. The predicted octanol–water partition coefficient (Wildman–Crippen LogP) is 2.09. The molecule has 0 amide bonds. The molecule has 0 aliphatic carbocycles. The van der Waals surface area contributed by atoms with Crippen LogP contribution in [0, 0.1) is 0 Å². The summed E-state index contributed by atoms with van der Waals surface area (Å²) in [5.74, 6) is 0. The van der Waals surface area contributed by atoms with Gasteiger partial charge < -0.3 is 10.1 Å². The van der Waals surface area contributed by atoms with Crippen LogP contribution in [-0.2, 0) is 21.3 Å². The molecular weight excluding hydrogens is 308 g/mol. The zero-order valence-electron chi connectivity index (χ0n) is 12.6. The lowest BCUT2D eigenvalue weighted by atomic mass is 10.1. The van der Waals surface area contributed by atoms with E-state index in [9.17, 15) is 8.42 Å². The fraction of sp³-hybridized carbons (Fsp3) is 0.714. The lowest BCUT2D eigenvalue weighted by molar-refractivity contribution is 0.0200. The summed E-state index contributed by atoms with van der Waals surface area (Å²) in [5.41, 5.74) is 0. The molecule has 1 atom stereocenters. The van der Waals surface area contributed by atoms with Crippen LogP contribution in [0.1, 0.15) is 38.0 Å². The first-order chi connectivity index (χ1) is 9.99. The first-order valence-corrected chi connectivity index (χ1v) is 9.76. The Morgan fingerprint density at radius 3 is 2.90 bits per heavy atom. The molecule has 1 saturated heterocycles. The average molecular weight is 332 g/mol. The van der Waals surface area contributed by atoms with Gasteiger partial charge in [0.05, 0.1) is 11.0 Å². The number of rotatable bonds is 7. The summed E-state index contributed by atoms with van der Waals surface area (Å²) in [4.78, 5) is 1.23. The van der Waals surface area contributed by atoms with Crippen molar-refractivity contribution in [2.75, 3.05) is 13.2 Å². The Balaban J connectivity index is 1.96. The Morgan fingerprint density at radius 1 is 1.43 bits per heavy atom. The van der Waals surface area contributed by atoms with Gasteiger partial charge in [-0.2, -0.15) is 0 Å². The number of sulfonamides is 1. The molecule has 1 unspecified atom stereocenters. The Kier molecular flexibility index (Phi) is 6.19. The Labute approximate surface area is 131 Å². The maximum Gasteiger partial charge on any atom is 0.241 e. The van der Waals surface area contributed by atoms with Crippen LogP contribution < -0.4 is 10.0 Å². The van der Waals surface area contributed by atoms with Gasteiger partial charge in [0.25, 0.3) is 0 Å². The zero-order chi connectivity index (χ0) is 15.3. The Hall–Kier alpha value is -0.470. The van der Waals surface area contributed by atoms with Gasteiger partial charge in [-0.3, -0.25) is 0 Å². The van der Waals surface area contributed by atoms with Crippen LogP contribution in [0.15, 0.2) is 16.3 Å². The van der Waals surface area contributed by atoms with Crippen molar-refractivity contribution in [1.82, 2.24) is 10.0 Å². The SMILES string of the molecule is CC(C)NCc1sccc1S(=O)(=O)NCC1CCCCO1. The van der Waals surface area contributed by atoms with Crippen LogP contribution in [0.3, 0.4) is 0 Å². The van der Waals surface area contributed by atoms with E-state index in [0.29, 0.717) is 24.0 Å². The fourth-order valence-corrected chi connectivity index (χ4v) is 4.70. The lowest BCUT2D eigenvalue weighted by Gasteiger charge is -2.22. The molecular formula is C14H24N2O3S2. The first-order valence-electron chi connectivity index (χ1n) is 7.40. The molecule has 5 nitrogen and oxygen atoms in total. The number of thiophene rings is 1. The average Bonchev–Trinajstić information content (AvgIpc) is 2.93. The highest BCUT2D eigenvalue weighted by atomic mass is 32.2. The zero-order valence-corrected chi connectivity index (χ0v) is 14.2. The second-order valence-electron chi connectivity index (χ2n) is 5.58. The van der Waals surface area contributed by atoms with Crippen LogP contribution in [0.25, 0.3) is 0 Å². The van der Waals surface area contributed by atoms with Gasteiger partial charge in [-0.05, 0) is 30.7 Å². The third-order valence-corrected chi connectivity index (χ3v) is 6.00. The Morgan fingerprint density at radius 2 is 2.24 bits per heavy atom. The molecule has 1 aromatic heterocycles. The maximum atomic E-state index is 12.4. The Bertz CT molecular complexity index is 534. The van der Waals surface area contributed by atoms with Crippen LogP contribution in [-0.4, -0.2) is 33.7 Å². The van der Waals surface area contributed by atoms with Gasteiger partial charge in [0, 0.05) is 30.6 Å². The minimum atomic E-state index is -3.45. The normalized spacial score (nSPS) is 20.0. The third kappa shape index (κ3) is 5.03. The van der Waals surface area contributed by atoms with E-state index in [1.165, 1.54) is 11.3 Å². The highest BCUT2D eigenvalue weighted by Gasteiger charge is 2.22. The van der Waals surface area contributed by atoms with Crippen LogP contribution >= 0.6 is 11.3 Å². The highest BCUT2D eigenvalue weighted by Crippen LogP contribution is 2.22. The second kappa shape index (κ2) is 7.69. The molecule has 7 heteroatoms. The minimum absolute atomic E-state index is 0.00407. The quantitative estimate of drug-likeness (QED) is 0.802. The van der Waals surface area contributed by atoms with Crippen molar-refractivity contribution in [3.63, 3.8) is 0 Å². The van der Waals surface area contributed by atoms with Crippen molar-refractivity contribution >= 4 is 21.4 Å². The molecule has 0 saturated carbocycles. The van der Waals surface area contributed by atoms with E-state index in [1.54, 1.807) is 6.07 Å². The van der Waals surface area contributed by atoms with Crippen LogP contribution in [0.4, 0.5) is 0 Å². The second-order valence-corrected chi connectivity index (χ2v) is 8.32. The standard InChI is InChI=1S/C14H24N2O3S2/c1-11(2)15-10-13-14(6-8-20-13)21(17,18)16-9-12-5-3-4-7-19-12/h6,8,11-12,15-16H,3-5,7,9-10H2,1-2H3. The smallest absolute Gasteiger partial charge is 0.241 e. The maximum absolute atomic E-state index is 12.4. The van der Waals surface area contributed by atoms with Crippen LogP contribution in [0.2, 0.25) is 0 Å². The molecule has 1 aliphatic rings. The monoisotopic (exact) mass is 332 g/mol. The van der Waals surface area contributed by atoms with E-state index >= 15 is 0 Å². The van der Waals surface area contributed by atoms with Crippen molar-refractivity contribution < 1.29 is 13.2 Å². The number of nitrogens with one attached hydrogen (secondary N) is 2. The van der Waals surface area contributed by atoms with E-state index in [4.69, 9.17) is 4.74 Å². The van der Waals surface area contributed by atoms with Gasteiger partial charge in [-0.25, -0.2) is 13.1 Å². The molecule has 2 rings (SSSR count). The van der Waals surface area contributed by atoms with E-state index in [-0.39, 0.29) is 6.10 Å². The summed E-state index contributed by atoms with van der Waals surface area (Å²) in [6.07, 6.45) is 3.10. The van der Waals surface area contributed by atoms with Crippen LogP contribution in [0.5, 0.6) is 0 Å². The van der Waals surface area contributed by atoms with Crippen molar-refractivity contribution in [1.29, 1.82) is 0 Å². The van der Waals surface area contributed by atoms with Gasteiger partial charge in [-0.15, -0.1) is 11.3 Å². The van der Waals surface area contributed by atoms with Crippen molar-refractivity contribution in [3.05, 3.63) is 16.3 Å². The summed E-state index contributed by atoms with van der Waals surface area (Å²) in [7, 11) is -3.45. The summed E-state index contributed by atoms with van der Waals surface area (Å²) < 4.78 is 33.1. The van der Waals surface area contributed by atoms with Gasteiger partial charge in [0.15, 0.2) is 0 Å². The van der Waals surface area contributed by atoms with Gasteiger partial charge in [-0.1, -0.05) is 13.8 Å². The molecule has 1 fully saturated rings. The highest BCUT2D eigenvalue weighted by molar-refractivity contribution is 7.89. The van der Waals surface area contributed by atoms with Gasteiger partial charge in [0.1, 0.15) is 0 Å². The third-order valence-electron chi connectivity index (χ3n) is 3.44. The molecule has 2 N–H and O–H groups in total. The fourth-order valence-electron chi connectivity index (χ4n) is 2.24. The number of hydrogen-bond donors (Lipinski definition) is 2. The summed E-state index contributed by atoms with van der Waals surface area (Å²) in [6.45, 7) is 5.75. The predicted molar refractivity (Wildman–Crippen MR) is 85.1 cm³/mol. The molecule has 120 valence electrons. The largest absolute Gasteiger partial charge is 0.377 e.